The largest absolute Gasteiger partial charge is 0.380 e. The van der Waals surface area contributed by atoms with Crippen LogP contribution in [-0.4, -0.2) is 27.7 Å². The van der Waals surface area contributed by atoms with E-state index in [1.54, 1.807) is 13.2 Å². The SMILES string of the molecule is COC1CCCC1NS(=O)(=O)c1ccc(Cl)c(CN)c1. The van der Waals surface area contributed by atoms with E-state index in [-0.39, 0.29) is 23.6 Å². The smallest absolute Gasteiger partial charge is 0.240 e. The first-order valence-corrected chi connectivity index (χ1v) is 8.37. The molecule has 0 spiro atoms. The Balaban J connectivity index is 2.22. The van der Waals surface area contributed by atoms with Gasteiger partial charge in [-0.3, -0.25) is 0 Å². The summed E-state index contributed by atoms with van der Waals surface area (Å²) in [6, 6.07) is 4.38. The quantitative estimate of drug-likeness (QED) is 0.865. The van der Waals surface area contributed by atoms with E-state index in [0.717, 1.165) is 19.3 Å². The van der Waals surface area contributed by atoms with Gasteiger partial charge in [0.1, 0.15) is 0 Å². The van der Waals surface area contributed by atoms with Crippen LogP contribution in [0.15, 0.2) is 23.1 Å². The van der Waals surface area contributed by atoms with Gasteiger partial charge in [-0.05, 0) is 43.0 Å². The summed E-state index contributed by atoms with van der Waals surface area (Å²) in [6.45, 7) is 0.201. The van der Waals surface area contributed by atoms with Crippen molar-refractivity contribution in [2.24, 2.45) is 5.73 Å². The van der Waals surface area contributed by atoms with E-state index in [1.807, 2.05) is 0 Å². The minimum atomic E-state index is -3.58. The fourth-order valence-corrected chi connectivity index (χ4v) is 4.03. The second-order valence-electron chi connectivity index (χ2n) is 4.89. The molecule has 0 amide bonds. The Labute approximate surface area is 124 Å². The maximum atomic E-state index is 12.4. The number of rotatable bonds is 5. The van der Waals surface area contributed by atoms with Crippen LogP contribution < -0.4 is 10.5 Å². The Hall–Kier alpha value is -0.660. The number of ether oxygens (including phenoxy) is 1. The topological polar surface area (TPSA) is 81.4 Å². The average Bonchev–Trinajstić information content (AvgIpc) is 2.85. The number of methoxy groups -OCH3 is 1. The monoisotopic (exact) mass is 318 g/mol. The van der Waals surface area contributed by atoms with Crippen molar-refractivity contribution in [1.29, 1.82) is 0 Å². The van der Waals surface area contributed by atoms with Gasteiger partial charge < -0.3 is 10.5 Å². The number of benzene rings is 1. The van der Waals surface area contributed by atoms with E-state index < -0.39 is 10.0 Å². The van der Waals surface area contributed by atoms with Gasteiger partial charge in [-0.1, -0.05) is 11.6 Å². The van der Waals surface area contributed by atoms with E-state index in [1.165, 1.54) is 12.1 Å². The lowest BCUT2D eigenvalue weighted by atomic mass is 10.2. The highest BCUT2D eigenvalue weighted by Crippen LogP contribution is 2.25. The third-order valence-electron chi connectivity index (χ3n) is 3.61. The predicted octanol–water partition coefficient (Wildman–Crippen LogP) is 1.64. The standard InChI is InChI=1S/C13H19ClN2O3S/c1-19-13-4-2-3-12(13)16-20(17,18)10-5-6-11(14)9(7-10)8-15/h5-7,12-13,16H,2-4,8,15H2,1H3. The minimum absolute atomic E-state index is 0.0638. The summed E-state index contributed by atoms with van der Waals surface area (Å²) in [4.78, 5) is 0.184. The van der Waals surface area contributed by atoms with Crippen LogP contribution >= 0.6 is 11.6 Å². The van der Waals surface area contributed by atoms with Crippen LogP contribution in [0.4, 0.5) is 0 Å². The molecule has 1 aromatic carbocycles. The molecule has 0 aromatic heterocycles. The van der Waals surface area contributed by atoms with E-state index in [2.05, 4.69) is 4.72 Å². The van der Waals surface area contributed by atoms with Crippen molar-refractivity contribution < 1.29 is 13.2 Å². The minimum Gasteiger partial charge on any atom is -0.380 e. The zero-order chi connectivity index (χ0) is 14.8. The van der Waals surface area contributed by atoms with Gasteiger partial charge >= 0.3 is 0 Å². The highest BCUT2D eigenvalue weighted by molar-refractivity contribution is 7.89. The van der Waals surface area contributed by atoms with E-state index in [0.29, 0.717) is 10.6 Å². The lowest BCUT2D eigenvalue weighted by Crippen LogP contribution is -2.40. The van der Waals surface area contributed by atoms with Crippen molar-refractivity contribution in [2.75, 3.05) is 7.11 Å². The zero-order valence-electron chi connectivity index (χ0n) is 11.3. The van der Waals surface area contributed by atoms with Crippen LogP contribution in [-0.2, 0) is 21.3 Å². The number of hydrogen-bond donors (Lipinski definition) is 2. The van der Waals surface area contributed by atoms with Crippen LogP contribution in [0.3, 0.4) is 0 Å². The Morgan fingerprint density at radius 3 is 2.85 bits per heavy atom. The van der Waals surface area contributed by atoms with Crippen molar-refractivity contribution in [1.82, 2.24) is 4.72 Å². The average molecular weight is 319 g/mol. The summed E-state index contributed by atoms with van der Waals surface area (Å²) in [5.74, 6) is 0. The number of halogens is 1. The third-order valence-corrected chi connectivity index (χ3v) is 5.47. The number of nitrogens with one attached hydrogen (secondary N) is 1. The van der Waals surface area contributed by atoms with E-state index >= 15 is 0 Å². The maximum absolute atomic E-state index is 12.4. The Bertz CT molecular complexity index is 577. The van der Waals surface area contributed by atoms with Crippen LogP contribution in [0, 0.1) is 0 Å². The Morgan fingerprint density at radius 1 is 1.45 bits per heavy atom. The summed E-state index contributed by atoms with van der Waals surface area (Å²) < 4.78 is 32.8. The van der Waals surface area contributed by atoms with Crippen molar-refractivity contribution >= 4 is 21.6 Å². The van der Waals surface area contributed by atoms with Crippen LogP contribution in [0.1, 0.15) is 24.8 Å². The molecule has 2 rings (SSSR count). The molecule has 1 saturated carbocycles. The fraction of sp³-hybridized carbons (Fsp3) is 0.538. The molecule has 0 heterocycles. The molecule has 1 aromatic rings. The molecule has 7 heteroatoms. The third kappa shape index (κ3) is 3.32. The molecular weight excluding hydrogens is 300 g/mol. The number of sulfonamides is 1. The second kappa shape index (κ2) is 6.41. The molecule has 0 bridgehead atoms. The van der Waals surface area contributed by atoms with Crippen molar-refractivity contribution in [2.45, 2.75) is 42.8 Å². The molecule has 20 heavy (non-hydrogen) atoms. The fourth-order valence-electron chi connectivity index (χ4n) is 2.48. The molecule has 0 aliphatic heterocycles. The van der Waals surface area contributed by atoms with Crippen molar-refractivity contribution in [3.63, 3.8) is 0 Å². The summed E-state index contributed by atoms with van der Waals surface area (Å²) in [6.07, 6.45) is 2.55. The van der Waals surface area contributed by atoms with Crippen molar-refractivity contribution in [3.05, 3.63) is 28.8 Å². The second-order valence-corrected chi connectivity index (χ2v) is 7.01. The molecule has 112 valence electrons. The first kappa shape index (κ1) is 15.7. The van der Waals surface area contributed by atoms with Crippen LogP contribution in [0.25, 0.3) is 0 Å². The highest BCUT2D eigenvalue weighted by Gasteiger charge is 2.31. The molecule has 1 fully saturated rings. The van der Waals surface area contributed by atoms with Gasteiger partial charge in [0, 0.05) is 24.7 Å². The van der Waals surface area contributed by atoms with Crippen LogP contribution in [0.2, 0.25) is 5.02 Å². The molecule has 0 saturated heterocycles. The molecule has 5 nitrogen and oxygen atoms in total. The summed E-state index contributed by atoms with van der Waals surface area (Å²) in [5, 5.41) is 0.474. The van der Waals surface area contributed by atoms with Gasteiger partial charge in [0.2, 0.25) is 10.0 Å². The first-order valence-electron chi connectivity index (χ1n) is 6.51. The van der Waals surface area contributed by atoms with E-state index in [9.17, 15) is 8.42 Å². The lowest BCUT2D eigenvalue weighted by molar-refractivity contribution is 0.0916. The predicted molar refractivity (Wildman–Crippen MR) is 78.1 cm³/mol. The number of hydrogen-bond acceptors (Lipinski definition) is 4. The van der Waals surface area contributed by atoms with Gasteiger partial charge in [-0.15, -0.1) is 0 Å². The maximum Gasteiger partial charge on any atom is 0.240 e. The van der Waals surface area contributed by atoms with Gasteiger partial charge in [0.25, 0.3) is 0 Å². The first-order chi connectivity index (χ1) is 9.47. The molecule has 0 radical (unpaired) electrons. The van der Waals surface area contributed by atoms with Crippen LogP contribution in [0.5, 0.6) is 0 Å². The summed E-state index contributed by atoms with van der Waals surface area (Å²) in [7, 11) is -1.98. The molecular formula is C13H19ClN2O3S. The molecule has 1 aliphatic rings. The zero-order valence-corrected chi connectivity index (χ0v) is 12.9. The Kier molecular flexibility index (Phi) is 5.04. The van der Waals surface area contributed by atoms with Gasteiger partial charge in [-0.2, -0.15) is 0 Å². The molecule has 2 unspecified atom stereocenters. The molecule has 2 atom stereocenters. The van der Waals surface area contributed by atoms with Crippen molar-refractivity contribution in [3.8, 4) is 0 Å². The number of nitrogens with two attached hydrogens (primary N) is 1. The lowest BCUT2D eigenvalue weighted by Gasteiger charge is -2.19. The normalized spacial score (nSPS) is 23.1. The van der Waals surface area contributed by atoms with Gasteiger partial charge in [-0.25, -0.2) is 13.1 Å². The van der Waals surface area contributed by atoms with Gasteiger partial charge in [0.15, 0.2) is 0 Å². The molecule has 3 N–H and O–H groups in total. The molecule has 1 aliphatic carbocycles. The summed E-state index contributed by atoms with van der Waals surface area (Å²) >= 11 is 5.95. The highest BCUT2D eigenvalue weighted by atomic mass is 35.5. The van der Waals surface area contributed by atoms with Gasteiger partial charge in [0.05, 0.1) is 11.0 Å². The summed E-state index contributed by atoms with van der Waals surface area (Å²) in [5.41, 5.74) is 6.17. The van der Waals surface area contributed by atoms with E-state index in [4.69, 9.17) is 22.1 Å². The Morgan fingerprint density at radius 2 is 2.20 bits per heavy atom.